The standard InChI is InChI=1S/C18H32N2O2.2C2HF3O2/c1-2-8-19(9-3-1)10-11-20-12-13-21-18-16(20)6-7-17(18)22-14-15-4-5-15;2*3-2(4,5)1(6)7/h15-18H,1-14H2;2*(H,6,7)/t16-,17-,18+;;/m0../s1. The highest BCUT2D eigenvalue weighted by Gasteiger charge is 2.44. The summed E-state index contributed by atoms with van der Waals surface area (Å²) >= 11 is 0. The van der Waals surface area contributed by atoms with Crippen molar-refractivity contribution < 1.29 is 55.6 Å². The molecule has 2 aliphatic heterocycles. The van der Waals surface area contributed by atoms with Crippen molar-refractivity contribution in [2.45, 2.75) is 75.5 Å². The molecule has 4 aliphatic rings. The van der Waals surface area contributed by atoms with Crippen LogP contribution in [0.1, 0.15) is 44.9 Å². The molecule has 0 bridgehead atoms. The molecule has 0 aromatic carbocycles. The van der Waals surface area contributed by atoms with Crippen LogP contribution in [0, 0.1) is 5.92 Å². The maximum atomic E-state index is 10.6. The number of carboxylic acid groups (broad SMARTS) is 2. The van der Waals surface area contributed by atoms with Crippen LogP contribution in [0.5, 0.6) is 0 Å². The molecule has 14 heteroatoms. The van der Waals surface area contributed by atoms with Crippen LogP contribution in [0.2, 0.25) is 0 Å². The Kier molecular flexibility index (Phi) is 11.7. The number of hydrogen-bond donors (Lipinski definition) is 2. The van der Waals surface area contributed by atoms with Gasteiger partial charge in [0, 0.05) is 32.3 Å². The SMILES string of the molecule is C1CCN(CCN2CCO[C@H]3[C@@H](OCC4CC4)CC[C@@H]32)CC1.O=C(O)C(F)(F)F.O=C(O)C(F)(F)F. The van der Waals surface area contributed by atoms with Gasteiger partial charge in [-0.2, -0.15) is 26.3 Å². The van der Waals surface area contributed by atoms with Crippen LogP contribution in [0.25, 0.3) is 0 Å². The van der Waals surface area contributed by atoms with Gasteiger partial charge in [0.2, 0.25) is 0 Å². The predicted molar refractivity (Wildman–Crippen MR) is 114 cm³/mol. The monoisotopic (exact) mass is 536 g/mol. The Bertz CT molecular complexity index is 673. The highest BCUT2D eigenvalue weighted by molar-refractivity contribution is 5.73. The second-order valence-corrected chi connectivity index (χ2v) is 9.34. The first kappa shape index (κ1) is 30.6. The maximum absolute atomic E-state index is 10.6. The molecular weight excluding hydrogens is 502 g/mol. The predicted octanol–water partition coefficient (Wildman–Crippen LogP) is 3.40. The van der Waals surface area contributed by atoms with Gasteiger partial charge in [-0.25, -0.2) is 9.59 Å². The summed E-state index contributed by atoms with van der Waals surface area (Å²) < 4.78 is 75.8. The zero-order valence-electron chi connectivity index (χ0n) is 19.9. The van der Waals surface area contributed by atoms with Crippen molar-refractivity contribution in [1.29, 1.82) is 0 Å². The molecule has 2 heterocycles. The quantitative estimate of drug-likeness (QED) is 0.499. The molecule has 2 saturated heterocycles. The molecule has 210 valence electrons. The lowest BCUT2D eigenvalue weighted by Gasteiger charge is -2.40. The largest absolute Gasteiger partial charge is 0.490 e. The molecule has 36 heavy (non-hydrogen) atoms. The fourth-order valence-electron chi connectivity index (χ4n) is 4.44. The summed E-state index contributed by atoms with van der Waals surface area (Å²) in [5, 5.41) is 14.2. The summed E-state index contributed by atoms with van der Waals surface area (Å²) in [6.45, 7) is 8.08. The number of ether oxygens (including phenoxy) is 2. The van der Waals surface area contributed by atoms with E-state index >= 15 is 0 Å². The lowest BCUT2D eigenvalue weighted by atomic mass is 10.1. The number of rotatable bonds is 6. The van der Waals surface area contributed by atoms with E-state index in [0.29, 0.717) is 18.2 Å². The topological polar surface area (TPSA) is 99.5 Å². The molecule has 2 N–H and O–H groups in total. The van der Waals surface area contributed by atoms with Crippen LogP contribution in [-0.4, -0.2) is 108 Å². The lowest BCUT2D eigenvalue weighted by Crippen LogP contribution is -2.53. The molecule has 4 fully saturated rings. The number of piperidine rings is 1. The summed E-state index contributed by atoms with van der Waals surface area (Å²) in [5.41, 5.74) is 0. The maximum Gasteiger partial charge on any atom is 0.490 e. The van der Waals surface area contributed by atoms with Crippen LogP contribution in [0.15, 0.2) is 0 Å². The van der Waals surface area contributed by atoms with Crippen molar-refractivity contribution in [3.63, 3.8) is 0 Å². The van der Waals surface area contributed by atoms with Gasteiger partial charge < -0.3 is 24.6 Å². The first-order valence-corrected chi connectivity index (χ1v) is 12.1. The third kappa shape index (κ3) is 10.8. The summed E-state index contributed by atoms with van der Waals surface area (Å²) in [4.78, 5) is 23.1. The number of carboxylic acids is 2. The zero-order chi connectivity index (χ0) is 26.9. The number of alkyl halides is 6. The number of likely N-dealkylation sites (tertiary alicyclic amines) is 1. The molecular formula is C22H34F6N2O6. The highest BCUT2D eigenvalue weighted by atomic mass is 19.4. The van der Waals surface area contributed by atoms with Gasteiger partial charge in [-0.3, -0.25) is 4.90 Å². The highest BCUT2D eigenvalue weighted by Crippen LogP contribution is 2.35. The number of halogens is 6. The van der Waals surface area contributed by atoms with Crippen molar-refractivity contribution in [3.05, 3.63) is 0 Å². The van der Waals surface area contributed by atoms with Crippen molar-refractivity contribution in [2.75, 3.05) is 45.9 Å². The number of morpholine rings is 1. The summed E-state index contributed by atoms with van der Waals surface area (Å²) in [7, 11) is 0. The summed E-state index contributed by atoms with van der Waals surface area (Å²) in [5.74, 6) is -4.65. The normalized spacial score (nSPS) is 27.2. The van der Waals surface area contributed by atoms with Crippen molar-refractivity contribution in [3.8, 4) is 0 Å². The van der Waals surface area contributed by atoms with Crippen LogP contribution >= 0.6 is 0 Å². The third-order valence-corrected chi connectivity index (χ3v) is 6.53. The fraction of sp³-hybridized carbons (Fsp3) is 0.909. The Morgan fingerprint density at radius 1 is 0.833 bits per heavy atom. The van der Waals surface area contributed by atoms with Crippen LogP contribution in [-0.2, 0) is 19.1 Å². The minimum absolute atomic E-state index is 0.342. The molecule has 3 atom stereocenters. The Labute approximate surface area is 205 Å². The van der Waals surface area contributed by atoms with Gasteiger partial charge in [-0.1, -0.05) is 6.42 Å². The van der Waals surface area contributed by atoms with Gasteiger partial charge in [-0.15, -0.1) is 0 Å². The van der Waals surface area contributed by atoms with E-state index in [4.69, 9.17) is 29.3 Å². The van der Waals surface area contributed by atoms with Crippen LogP contribution < -0.4 is 0 Å². The molecule has 0 aromatic heterocycles. The van der Waals surface area contributed by atoms with Gasteiger partial charge in [0.15, 0.2) is 0 Å². The van der Waals surface area contributed by atoms with E-state index in [0.717, 1.165) is 25.7 Å². The molecule has 0 radical (unpaired) electrons. The van der Waals surface area contributed by atoms with E-state index in [-0.39, 0.29) is 0 Å². The number of hydrogen-bond acceptors (Lipinski definition) is 6. The van der Waals surface area contributed by atoms with Crippen LogP contribution in [0.4, 0.5) is 26.3 Å². The molecule has 0 unspecified atom stereocenters. The summed E-state index contributed by atoms with van der Waals surface area (Å²) in [6, 6.07) is 0.614. The zero-order valence-corrected chi connectivity index (χ0v) is 19.9. The Morgan fingerprint density at radius 3 is 1.89 bits per heavy atom. The van der Waals surface area contributed by atoms with Gasteiger partial charge in [0.1, 0.15) is 0 Å². The van der Waals surface area contributed by atoms with Gasteiger partial charge in [-0.05, 0) is 57.5 Å². The first-order valence-electron chi connectivity index (χ1n) is 12.1. The molecule has 8 nitrogen and oxygen atoms in total. The van der Waals surface area contributed by atoms with Crippen molar-refractivity contribution in [1.82, 2.24) is 9.80 Å². The van der Waals surface area contributed by atoms with E-state index in [2.05, 4.69) is 9.80 Å². The average molecular weight is 537 g/mol. The number of carbonyl (C=O) groups is 2. The fourth-order valence-corrected chi connectivity index (χ4v) is 4.44. The number of fused-ring (bicyclic) bond motifs is 1. The second kappa shape index (κ2) is 13.8. The number of nitrogens with zero attached hydrogens (tertiary/aromatic N) is 2. The molecule has 0 spiro atoms. The van der Waals surface area contributed by atoms with E-state index < -0.39 is 24.3 Å². The van der Waals surface area contributed by atoms with E-state index in [1.54, 1.807) is 0 Å². The van der Waals surface area contributed by atoms with Gasteiger partial charge in [0.05, 0.1) is 18.8 Å². The third-order valence-electron chi connectivity index (χ3n) is 6.53. The van der Waals surface area contributed by atoms with Crippen molar-refractivity contribution in [2.24, 2.45) is 5.92 Å². The molecule has 0 amide bonds. The summed E-state index contributed by atoms with van der Waals surface area (Å²) in [6.07, 6.45) is -0.0236. The minimum Gasteiger partial charge on any atom is -0.475 e. The Hall–Kier alpha value is -1.64. The minimum atomic E-state index is -5.08. The first-order chi connectivity index (χ1) is 16.8. The average Bonchev–Trinajstić information content (AvgIpc) is 3.54. The Balaban J connectivity index is 0.000000271. The molecule has 2 saturated carbocycles. The van der Waals surface area contributed by atoms with Crippen molar-refractivity contribution >= 4 is 11.9 Å². The van der Waals surface area contributed by atoms with Gasteiger partial charge in [0.25, 0.3) is 0 Å². The Morgan fingerprint density at radius 2 is 1.39 bits per heavy atom. The van der Waals surface area contributed by atoms with Gasteiger partial charge >= 0.3 is 24.3 Å². The second-order valence-electron chi connectivity index (χ2n) is 9.34. The number of aliphatic carboxylic acids is 2. The van der Waals surface area contributed by atoms with E-state index in [1.165, 1.54) is 71.1 Å². The van der Waals surface area contributed by atoms with E-state index in [1.807, 2.05) is 0 Å². The molecule has 0 aromatic rings. The smallest absolute Gasteiger partial charge is 0.475 e. The van der Waals surface area contributed by atoms with Crippen LogP contribution in [0.3, 0.4) is 0 Å². The lowest BCUT2D eigenvalue weighted by molar-refractivity contribution is -0.193. The van der Waals surface area contributed by atoms with E-state index in [9.17, 15) is 26.3 Å². The molecule has 4 rings (SSSR count). The molecule has 2 aliphatic carbocycles.